The number of anilines is 1. The van der Waals surface area contributed by atoms with Crippen LogP contribution in [-0.4, -0.2) is 27.2 Å². The van der Waals surface area contributed by atoms with Gasteiger partial charge in [0, 0.05) is 55.1 Å². The summed E-state index contributed by atoms with van der Waals surface area (Å²) in [6, 6.07) is 3.52. The smallest absolute Gasteiger partial charge is 0.431 e. The maximum atomic E-state index is 12.7. The van der Waals surface area contributed by atoms with Crippen LogP contribution in [0.2, 0.25) is 0 Å². The van der Waals surface area contributed by atoms with E-state index >= 15 is 0 Å². The van der Waals surface area contributed by atoms with E-state index in [1.807, 2.05) is 0 Å². The van der Waals surface area contributed by atoms with Crippen LogP contribution in [0.4, 0.5) is 29.3 Å². The Bertz CT molecular complexity index is 1030. The number of hydrogen-bond donors (Lipinski definition) is 2. The van der Waals surface area contributed by atoms with E-state index in [0.717, 1.165) is 6.07 Å². The predicted molar refractivity (Wildman–Crippen MR) is 88.5 cm³/mol. The van der Waals surface area contributed by atoms with Crippen LogP contribution in [0, 0.1) is 23.1 Å². The third kappa shape index (κ3) is 5.29. The van der Waals surface area contributed by atoms with Crippen molar-refractivity contribution >= 4 is 17.5 Å². The fourth-order valence-electron chi connectivity index (χ4n) is 2.26. The Morgan fingerprint density at radius 1 is 1.41 bits per heavy atom. The number of aromatic amines is 1. The zero-order valence-corrected chi connectivity index (χ0v) is 17.8. The number of amides is 1. The third-order valence-electron chi connectivity index (χ3n) is 3.43. The molecule has 0 aliphatic carbocycles. The first-order valence-electron chi connectivity index (χ1n) is 7.54. The summed E-state index contributed by atoms with van der Waals surface area (Å²) in [5.74, 6) is 0. The number of nitrogens with one attached hydrogen (secondary N) is 2. The Hall–Kier alpha value is -2.54. The van der Waals surface area contributed by atoms with Gasteiger partial charge in [-0.15, -0.1) is 5.56 Å². The molecule has 0 saturated heterocycles. The molecule has 2 rings (SSSR count). The number of aryl methyl sites for hydroxylation is 1. The number of aromatic nitrogens is 2. The van der Waals surface area contributed by atoms with E-state index in [-0.39, 0.29) is 55.5 Å². The SMILES string of the molecule is CCOC(=O)Nc1c(C)c[c-]c(-n2c(=O)cc(C(F)(F)F)[nH]c2=O)c1[N+](=O)[O-].[Y]. The minimum absolute atomic E-state index is 0. The van der Waals surface area contributed by atoms with Crippen LogP contribution in [0.1, 0.15) is 18.2 Å². The van der Waals surface area contributed by atoms with Crippen LogP contribution >= 0.6 is 0 Å². The molecular weight excluding hydrogens is 478 g/mol. The van der Waals surface area contributed by atoms with Crippen LogP contribution in [0.25, 0.3) is 5.69 Å². The number of hydrogen-bond acceptors (Lipinski definition) is 6. The number of ether oxygens (including phenoxy) is 1. The van der Waals surface area contributed by atoms with E-state index in [2.05, 4.69) is 16.1 Å². The van der Waals surface area contributed by atoms with Gasteiger partial charge in [0.05, 0.1) is 6.61 Å². The van der Waals surface area contributed by atoms with Gasteiger partial charge in [-0.2, -0.15) is 25.3 Å². The second kappa shape index (κ2) is 9.31. The van der Waals surface area contributed by atoms with E-state index < -0.39 is 51.2 Å². The summed E-state index contributed by atoms with van der Waals surface area (Å²) in [4.78, 5) is 47.8. The number of carbonyl (C=O) groups excluding carboxylic acids is 1. The number of H-pyrrole nitrogens is 1. The molecule has 0 saturated carbocycles. The molecule has 153 valence electrons. The first-order valence-corrected chi connectivity index (χ1v) is 7.54. The average molecular weight is 490 g/mol. The normalized spacial score (nSPS) is 10.8. The Kier molecular flexibility index (Phi) is 7.86. The molecule has 0 unspecified atom stereocenters. The quantitative estimate of drug-likeness (QED) is 0.383. The molecule has 0 fully saturated rings. The molecule has 2 aromatic rings. The molecular formula is C15H12F3N4O6Y-. The summed E-state index contributed by atoms with van der Waals surface area (Å²) in [6.45, 7) is 2.82. The van der Waals surface area contributed by atoms with Gasteiger partial charge in [-0.1, -0.05) is 6.92 Å². The maximum absolute atomic E-state index is 12.7. The van der Waals surface area contributed by atoms with Crippen LogP contribution in [-0.2, 0) is 43.6 Å². The minimum Gasteiger partial charge on any atom is -0.450 e. The number of rotatable bonds is 4. The number of nitro benzene ring substituents is 1. The van der Waals surface area contributed by atoms with Gasteiger partial charge in [0.1, 0.15) is 5.69 Å². The van der Waals surface area contributed by atoms with Crippen molar-refractivity contribution in [2.45, 2.75) is 20.0 Å². The van der Waals surface area contributed by atoms with E-state index in [0.29, 0.717) is 0 Å². The minimum atomic E-state index is -5.00. The zero-order valence-electron chi connectivity index (χ0n) is 14.9. The summed E-state index contributed by atoms with van der Waals surface area (Å²) in [5.41, 5.74) is -6.57. The second-order valence-corrected chi connectivity index (χ2v) is 5.31. The standard InChI is InChI=1S/C15H12F3N4O6.Y/c1-3-28-14(25)20-11-7(2)4-5-8(12(11)22(26)27)21-10(23)6-9(15(16,17)18)19-13(21)24;/h4,6H,3H2,1-2H3,(H,19,24)(H,20,25);/q-1;. The monoisotopic (exact) mass is 490 g/mol. The second-order valence-electron chi connectivity index (χ2n) is 5.31. The van der Waals surface area contributed by atoms with Crippen molar-refractivity contribution in [1.82, 2.24) is 9.55 Å². The van der Waals surface area contributed by atoms with Gasteiger partial charge in [-0.3, -0.25) is 14.9 Å². The third-order valence-corrected chi connectivity index (χ3v) is 3.43. The molecule has 2 N–H and O–H groups in total. The van der Waals surface area contributed by atoms with E-state index in [1.54, 1.807) is 0 Å². The van der Waals surface area contributed by atoms with Crippen LogP contribution in [0.15, 0.2) is 21.7 Å². The van der Waals surface area contributed by atoms with Gasteiger partial charge in [0.2, 0.25) is 5.69 Å². The van der Waals surface area contributed by atoms with Gasteiger partial charge in [0.15, 0.2) is 0 Å². The first kappa shape index (κ1) is 24.5. The average Bonchev–Trinajstić information content (AvgIpc) is 2.56. The fraction of sp³-hybridized carbons (Fsp3) is 0.267. The molecule has 0 atom stereocenters. The predicted octanol–water partition coefficient (Wildman–Crippen LogP) is 2.13. The summed E-state index contributed by atoms with van der Waals surface area (Å²) >= 11 is 0. The molecule has 1 aromatic carbocycles. The van der Waals surface area contributed by atoms with Crippen molar-refractivity contribution in [3.63, 3.8) is 0 Å². The van der Waals surface area contributed by atoms with Crippen molar-refractivity contribution in [2.24, 2.45) is 0 Å². The Balaban J connectivity index is 0.00000420. The fourth-order valence-corrected chi connectivity index (χ4v) is 2.26. The van der Waals surface area contributed by atoms with Crippen molar-refractivity contribution < 1.29 is 60.3 Å². The molecule has 1 radical (unpaired) electrons. The van der Waals surface area contributed by atoms with Crippen molar-refractivity contribution in [3.8, 4) is 5.69 Å². The first-order chi connectivity index (χ1) is 13.0. The van der Waals surface area contributed by atoms with Crippen molar-refractivity contribution in [1.29, 1.82) is 0 Å². The number of alkyl halides is 3. The van der Waals surface area contributed by atoms with E-state index in [4.69, 9.17) is 0 Å². The molecule has 0 spiro atoms. The molecule has 10 nitrogen and oxygen atoms in total. The number of nitrogens with zero attached hydrogens (tertiary/aromatic N) is 2. The molecule has 0 aliphatic rings. The summed E-state index contributed by atoms with van der Waals surface area (Å²) in [7, 11) is 0. The summed E-state index contributed by atoms with van der Waals surface area (Å²) in [5, 5.41) is 13.7. The van der Waals surface area contributed by atoms with Gasteiger partial charge in [-0.05, 0) is 6.92 Å². The topological polar surface area (TPSA) is 136 Å². The van der Waals surface area contributed by atoms with Crippen molar-refractivity contribution in [3.05, 3.63) is 60.4 Å². The number of carbonyl (C=O) groups is 1. The van der Waals surface area contributed by atoms with Crippen molar-refractivity contribution in [2.75, 3.05) is 11.9 Å². The number of nitro groups is 1. The Labute approximate surface area is 185 Å². The summed E-state index contributed by atoms with van der Waals surface area (Å²) < 4.78 is 42.9. The number of benzene rings is 1. The molecule has 1 heterocycles. The Morgan fingerprint density at radius 3 is 2.52 bits per heavy atom. The largest absolute Gasteiger partial charge is 0.450 e. The van der Waals surface area contributed by atoms with E-state index in [9.17, 15) is 37.7 Å². The molecule has 0 bridgehead atoms. The Morgan fingerprint density at radius 2 is 2.03 bits per heavy atom. The molecule has 14 heteroatoms. The van der Waals surface area contributed by atoms with Gasteiger partial charge in [-0.25, -0.2) is 14.2 Å². The van der Waals surface area contributed by atoms with Crippen LogP contribution in [0.5, 0.6) is 0 Å². The molecule has 1 amide bonds. The van der Waals surface area contributed by atoms with Crippen LogP contribution < -0.4 is 16.6 Å². The summed E-state index contributed by atoms with van der Waals surface area (Å²) in [6.07, 6.45) is -6.05. The van der Waals surface area contributed by atoms with Crippen LogP contribution in [0.3, 0.4) is 0 Å². The number of halogens is 3. The van der Waals surface area contributed by atoms with Gasteiger partial charge >= 0.3 is 18.0 Å². The molecule has 1 aromatic heterocycles. The zero-order chi connectivity index (χ0) is 21.2. The van der Waals surface area contributed by atoms with Gasteiger partial charge in [0.25, 0.3) is 5.56 Å². The van der Waals surface area contributed by atoms with Gasteiger partial charge < -0.3 is 15.0 Å². The maximum Gasteiger partial charge on any atom is 0.431 e. The molecule has 0 aliphatic heterocycles. The molecule has 29 heavy (non-hydrogen) atoms. The van der Waals surface area contributed by atoms with E-state index in [1.165, 1.54) is 18.8 Å².